The number of hydrogen-bond acceptors (Lipinski definition) is 6. The van der Waals surface area contributed by atoms with Crippen LogP contribution in [0.1, 0.15) is 0 Å². The van der Waals surface area contributed by atoms with Gasteiger partial charge in [0, 0.05) is 25.5 Å². The molecule has 2 heterocycles. The highest BCUT2D eigenvalue weighted by Crippen LogP contribution is 2.27. The molecule has 0 radical (unpaired) electrons. The van der Waals surface area contributed by atoms with E-state index in [1.54, 1.807) is 42.0 Å². The lowest BCUT2D eigenvalue weighted by Crippen LogP contribution is -2.23. The first kappa shape index (κ1) is 20.0. The van der Waals surface area contributed by atoms with Gasteiger partial charge >= 0.3 is 0 Å². The number of imidazole rings is 1. The van der Waals surface area contributed by atoms with Crippen LogP contribution in [0.3, 0.4) is 0 Å². The number of nitrogen functional groups attached to an aromatic ring is 1. The van der Waals surface area contributed by atoms with Crippen molar-refractivity contribution in [1.29, 1.82) is 0 Å². The number of fused-ring (bicyclic) bond motifs is 1. The number of carbonyl (C=O) groups is 1. The third-order valence-corrected chi connectivity index (χ3v) is 4.93. The topological polar surface area (TPSA) is 93.2 Å². The average Bonchev–Trinajstić information content (AvgIpc) is 3.23. The first-order valence-corrected chi connectivity index (χ1v) is 9.39. The molecule has 2 aromatic carbocycles. The SMILES string of the molecule is C=CC(=O)N(C)c1cccc(-n2cnc3c(N)nc(N(C)c4ccc(F)cc4)nc32)c1. The van der Waals surface area contributed by atoms with Crippen LogP contribution in [0.4, 0.5) is 27.5 Å². The molecule has 0 aliphatic rings. The van der Waals surface area contributed by atoms with Gasteiger partial charge in [-0.1, -0.05) is 12.6 Å². The van der Waals surface area contributed by atoms with Gasteiger partial charge in [-0.15, -0.1) is 0 Å². The molecule has 0 bridgehead atoms. The molecule has 156 valence electrons. The predicted octanol–water partition coefficient (Wildman–Crippen LogP) is 3.45. The van der Waals surface area contributed by atoms with Gasteiger partial charge in [0.05, 0.1) is 5.69 Å². The van der Waals surface area contributed by atoms with Gasteiger partial charge in [-0.2, -0.15) is 9.97 Å². The fraction of sp³-hybridized carbons (Fsp3) is 0.0909. The number of likely N-dealkylation sites (N-methyl/N-ethyl adjacent to an activating group) is 1. The van der Waals surface area contributed by atoms with Crippen LogP contribution in [-0.4, -0.2) is 39.5 Å². The highest BCUT2D eigenvalue weighted by Gasteiger charge is 2.16. The first-order valence-electron chi connectivity index (χ1n) is 9.39. The molecule has 0 fully saturated rings. The second-order valence-corrected chi connectivity index (χ2v) is 6.85. The maximum absolute atomic E-state index is 13.3. The van der Waals surface area contributed by atoms with E-state index in [2.05, 4.69) is 21.5 Å². The van der Waals surface area contributed by atoms with Crippen molar-refractivity contribution in [2.75, 3.05) is 29.6 Å². The Hall–Kier alpha value is -4.27. The summed E-state index contributed by atoms with van der Waals surface area (Å²) >= 11 is 0. The van der Waals surface area contributed by atoms with E-state index in [4.69, 9.17) is 5.73 Å². The third kappa shape index (κ3) is 3.68. The summed E-state index contributed by atoms with van der Waals surface area (Å²) in [6, 6.07) is 13.4. The van der Waals surface area contributed by atoms with Gasteiger partial charge in [0.1, 0.15) is 12.1 Å². The van der Waals surface area contributed by atoms with Crippen LogP contribution >= 0.6 is 0 Å². The van der Waals surface area contributed by atoms with Crippen molar-refractivity contribution >= 4 is 40.2 Å². The van der Waals surface area contributed by atoms with E-state index in [-0.39, 0.29) is 17.5 Å². The second-order valence-electron chi connectivity index (χ2n) is 6.85. The number of benzene rings is 2. The summed E-state index contributed by atoms with van der Waals surface area (Å²) in [7, 11) is 3.44. The Labute approximate surface area is 178 Å². The molecule has 31 heavy (non-hydrogen) atoms. The predicted molar refractivity (Wildman–Crippen MR) is 119 cm³/mol. The summed E-state index contributed by atoms with van der Waals surface area (Å²) in [6.07, 6.45) is 2.86. The Balaban J connectivity index is 1.79. The monoisotopic (exact) mass is 417 g/mol. The molecule has 0 atom stereocenters. The van der Waals surface area contributed by atoms with Gasteiger partial charge < -0.3 is 15.5 Å². The van der Waals surface area contributed by atoms with Crippen molar-refractivity contribution in [2.45, 2.75) is 0 Å². The summed E-state index contributed by atoms with van der Waals surface area (Å²) < 4.78 is 15.0. The molecular weight excluding hydrogens is 397 g/mol. The maximum Gasteiger partial charge on any atom is 0.250 e. The summed E-state index contributed by atoms with van der Waals surface area (Å²) in [4.78, 5) is 28.5. The molecule has 0 saturated heterocycles. The quantitative estimate of drug-likeness (QED) is 0.500. The Morgan fingerprint density at radius 3 is 2.58 bits per heavy atom. The fourth-order valence-corrected chi connectivity index (χ4v) is 3.14. The molecule has 8 nitrogen and oxygen atoms in total. The van der Waals surface area contributed by atoms with Crippen LogP contribution < -0.4 is 15.5 Å². The zero-order chi connectivity index (χ0) is 22.1. The van der Waals surface area contributed by atoms with Crippen LogP contribution in [0.15, 0.2) is 67.5 Å². The molecule has 0 unspecified atom stereocenters. The number of rotatable bonds is 5. The highest BCUT2D eigenvalue weighted by atomic mass is 19.1. The zero-order valence-corrected chi connectivity index (χ0v) is 17.0. The second kappa shape index (κ2) is 7.86. The molecule has 0 spiro atoms. The average molecular weight is 417 g/mol. The number of halogens is 1. The molecule has 0 aliphatic carbocycles. The van der Waals surface area contributed by atoms with Gasteiger partial charge in [-0.3, -0.25) is 9.36 Å². The molecule has 4 aromatic rings. The highest BCUT2D eigenvalue weighted by molar-refractivity contribution is 6.00. The standard InChI is InChI=1S/C22H20FN7O/c1-4-18(31)28(2)16-6-5-7-17(12-16)30-13-25-19-20(24)26-22(27-21(19)30)29(3)15-10-8-14(23)9-11-15/h4-13H,1H2,2-3H3,(H2,24,26,27). The number of hydrogen-bond donors (Lipinski definition) is 1. The summed E-state index contributed by atoms with van der Waals surface area (Å²) in [6.45, 7) is 3.52. The first-order chi connectivity index (χ1) is 14.9. The Kier molecular flexibility index (Phi) is 5.08. The molecule has 0 saturated carbocycles. The third-order valence-electron chi connectivity index (χ3n) is 4.93. The normalized spacial score (nSPS) is 10.8. The number of nitrogens with two attached hydrogens (primary N) is 1. The van der Waals surface area contributed by atoms with E-state index in [1.165, 1.54) is 23.1 Å². The Morgan fingerprint density at radius 1 is 1.13 bits per heavy atom. The molecular formula is C22H20FN7O. The van der Waals surface area contributed by atoms with E-state index in [9.17, 15) is 9.18 Å². The van der Waals surface area contributed by atoms with Crippen molar-refractivity contribution in [2.24, 2.45) is 0 Å². The summed E-state index contributed by atoms with van der Waals surface area (Å²) in [5.41, 5.74) is 9.25. The largest absolute Gasteiger partial charge is 0.382 e. The van der Waals surface area contributed by atoms with Crippen LogP contribution in [0.2, 0.25) is 0 Å². The minimum absolute atomic E-state index is 0.220. The lowest BCUT2D eigenvalue weighted by atomic mass is 10.2. The van der Waals surface area contributed by atoms with Gasteiger partial charge in [0.15, 0.2) is 17.0 Å². The Bertz CT molecular complexity index is 1280. The van der Waals surface area contributed by atoms with Crippen molar-refractivity contribution in [3.05, 3.63) is 73.3 Å². The van der Waals surface area contributed by atoms with Crippen molar-refractivity contribution in [1.82, 2.24) is 19.5 Å². The van der Waals surface area contributed by atoms with Crippen LogP contribution in [0, 0.1) is 5.82 Å². The molecule has 4 rings (SSSR count). The van der Waals surface area contributed by atoms with Gasteiger partial charge in [-0.05, 0) is 48.5 Å². The van der Waals surface area contributed by atoms with Gasteiger partial charge in [0.2, 0.25) is 11.9 Å². The lowest BCUT2D eigenvalue weighted by Gasteiger charge is -2.18. The van der Waals surface area contributed by atoms with Crippen LogP contribution in [0.5, 0.6) is 0 Å². The van der Waals surface area contributed by atoms with E-state index < -0.39 is 0 Å². The number of anilines is 4. The van der Waals surface area contributed by atoms with Gasteiger partial charge in [-0.25, -0.2) is 9.37 Å². The van der Waals surface area contributed by atoms with E-state index in [0.29, 0.717) is 28.5 Å². The number of aromatic nitrogens is 4. The van der Waals surface area contributed by atoms with Crippen LogP contribution in [0.25, 0.3) is 16.9 Å². The smallest absolute Gasteiger partial charge is 0.250 e. The minimum atomic E-state index is -0.328. The fourth-order valence-electron chi connectivity index (χ4n) is 3.14. The van der Waals surface area contributed by atoms with Crippen LogP contribution in [-0.2, 0) is 4.79 Å². The molecule has 9 heteroatoms. The molecule has 1 amide bonds. The van der Waals surface area contributed by atoms with E-state index in [1.807, 2.05) is 24.3 Å². The maximum atomic E-state index is 13.3. The minimum Gasteiger partial charge on any atom is -0.382 e. The number of nitrogens with zero attached hydrogens (tertiary/aromatic N) is 6. The number of amides is 1. The van der Waals surface area contributed by atoms with E-state index >= 15 is 0 Å². The van der Waals surface area contributed by atoms with E-state index in [0.717, 1.165) is 5.69 Å². The molecule has 2 N–H and O–H groups in total. The number of carbonyl (C=O) groups excluding carboxylic acids is 1. The van der Waals surface area contributed by atoms with Crippen molar-refractivity contribution in [3.8, 4) is 5.69 Å². The summed E-state index contributed by atoms with van der Waals surface area (Å²) in [5, 5.41) is 0. The van der Waals surface area contributed by atoms with Gasteiger partial charge in [0.25, 0.3) is 0 Å². The lowest BCUT2D eigenvalue weighted by molar-refractivity contribution is -0.113. The molecule has 0 aliphatic heterocycles. The Morgan fingerprint density at radius 2 is 1.87 bits per heavy atom. The summed E-state index contributed by atoms with van der Waals surface area (Å²) in [5.74, 6) is 0.0181. The van der Waals surface area contributed by atoms with Crippen molar-refractivity contribution in [3.63, 3.8) is 0 Å². The van der Waals surface area contributed by atoms with Crippen molar-refractivity contribution < 1.29 is 9.18 Å². The zero-order valence-electron chi connectivity index (χ0n) is 17.0. The molecule has 2 aromatic heterocycles.